The predicted octanol–water partition coefficient (Wildman–Crippen LogP) is 1.30. The minimum absolute atomic E-state index is 0.185. The lowest BCUT2D eigenvalue weighted by molar-refractivity contribution is 0.683. The first kappa shape index (κ1) is 12.0. The molecule has 2 N–H and O–H groups in total. The molecule has 0 aliphatic rings. The van der Waals surface area contributed by atoms with E-state index in [0.29, 0.717) is 5.75 Å². The van der Waals surface area contributed by atoms with E-state index in [2.05, 4.69) is 15.6 Å². The van der Waals surface area contributed by atoms with Crippen LogP contribution in [0.1, 0.15) is 6.92 Å². The molecule has 0 amide bonds. The Morgan fingerprint density at radius 2 is 2.13 bits per heavy atom. The molecular weight excluding hydrogens is 210 g/mol. The molecule has 4 nitrogen and oxygen atoms in total. The van der Waals surface area contributed by atoms with Crippen molar-refractivity contribution in [1.29, 1.82) is 0 Å². The van der Waals surface area contributed by atoms with Crippen molar-refractivity contribution in [2.45, 2.75) is 13.0 Å². The first-order valence-corrected chi connectivity index (χ1v) is 6.54. The Balaban J connectivity index is 2.59. The van der Waals surface area contributed by atoms with Crippen molar-refractivity contribution in [2.75, 3.05) is 29.7 Å². The molecule has 1 aromatic rings. The van der Waals surface area contributed by atoms with Crippen LogP contribution in [0.2, 0.25) is 0 Å². The molecule has 1 aromatic heterocycles. The van der Waals surface area contributed by atoms with Gasteiger partial charge in [-0.05, 0) is 13.0 Å². The summed E-state index contributed by atoms with van der Waals surface area (Å²) in [6.07, 6.45) is 5.23. The van der Waals surface area contributed by atoms with Crippen molar-refractivity contribution in [3.63, 3.8) is 0 Å². The van der Waals surface area contributed by atoms with E-state index in [4.69, 9.17) is 0 Å². The molecule has 0 radical (unpaired) electrons. The molecule has 5 heteroatoms. The molecule has 0 saturated heterocycles. The first-order valence-electron chi connectivity index (χ1n) is 4.81. The summed E-state index contributed by atoms with van der Waals surface area (Å²) in [6, 6.07) is 2.16. The lowest BCUT2D eigenvalue weighted by Crippen LogP contribution is -2.22. The molecule has 0 saturated carbocycles. The highest BCUT2D eigenvalue weighted by atomic mass is 32.2. The standard InChI is InChI=1S/C10H17N3OS/c1-8(7-15(3)14)13-10-4-9(11-2)5-12-6-10/h4-6,8,11,13H,7H2,1-3H3. The van der Waals surface area contributed by atoms with Crippen molar-refractivity contribution >= 4 is 22.2 Å². The Bertz CT molecular complexity index is 343. The Labute approximate surface area is 92.9 Å². The quantitative estimate of drug-likeness (QED) is 0.796. The summed E-state index contributed by atoms with van der Waals surface area (Å²) in [6.45, 7) is 2.01. The monoisotopic (exact) mass is 227 g/mol. The number of hydrogen-bond donors (Lipinski definition) is 2. The molecule has 2 unspecified atom stereocenters. The Hall–Kier alpha value is -1.10. The highest BCUT2D eigenvalue weighted by molar-refractivity contribution is 7.84. The zero-order valence-electron chi connectivity index (χ0n) is 9.28. The summed E-state index contributed by atoms with van der Waals surface area (Å²) in [5.41, 5.74) is 1.91. The lowest BCUT2D eigenvalue weighted by atomic mass is 10.3. The van der Waals surface area contributed by atoms with Gasteiger partial charge in [0.2, 0.25) is 0 Å². The van der Waals surface area contributed by atoms with Crippen LogP contribution in [0, 0.1) is 0 Å². The average Bonchev–Trinajstić information content (AvgIpc) is 2.16. The van der Waals surface area contributed by atoms with Gasteiger partial charge in [0, 0.05) is 35.9 Å². The predicted molar refractivity (Wildman–Crippen MR) is 65.8 cm³/mol. The van der Waals surface area contributed by atoms with Crippen LogP contribution in [-0.4, -0.2) is 34.3 Å². The van der Waals surface area contributed by atoms with Gasteiger partial charge in [0.05, 0.1) is 23.8 Å². The summed E-state index contributed by atoms with van der Waals surface area (Å²) >= 11 is 0. The number of nitrogens with zero attached hydrogens (tertiary/aromatic N) is 1. The van der Waals surface area contributed by atoms with Crippen LogP contribution in [0.3, 0.4) is 0 Å². The minimum Gasteiger partial charge on any atom is -0.387 e. The number of hydrogen-bond acceptors (Lipinski definition) is 4. The maximum absolute atomic E-state index is 11.0. The summed E-state index contributed by atoms with van der Waals surface area (Å²) in [7, 11) is 1.08. The van der Waals surface area contributed by atoms with Crippen LogP contribution in [-0.2, 0) is 10.8 Å². The molecule has 1 heterocycles. The highest BCUT2D eigenvalue weighted by Crippen LogP contribution is 2.13. The van der Waals surface area contributed by atoms with E-state index in [9.17, 15) is 4.21 Å². The zero-order chi connectivity index (χ0) is 11.3. The normalized spacial score (nSPS) is 14.3. The molecule has 0 aliphatic carbocycles. The minimum atomic E-state index is -0.775. The number of rotatable bonds is 5. The molecule has 0 fully saturated rings. The maximum Gasteiger partial charge on any atom is 0.0549 e. The molecular formula is C10H17N3OS. The van der Waals surface area contributed by atoms with Crippen LogP contribution < -0.4 is 10.6 Å². The summed E-state index contributed by atoms with van der Waals surface area (Å²) in [5, 5.41) is 6.27. The third-order valence-corrected chi connectivity index (χ3v) is 2.89. The van der Waals surface area contributed by atoms with Gasteiger partial charge < -0.3 is 10.6 Å². The fraction of sp³-hybridized carbons (Fsp3) is 0.500. The third kappa shape index (κ3) is 4.29. The molecule has 84 valence electrons. The molecule has 1 rings (SSSR count). The van der Waals surface area contributed by atoms with Crippen LogP contribution >= 0.6 is 0 Å². The second-order valence-corrected chi connectivity index (χ2v) is 4.98. The Kier molecular flexibility index (Phi) is 4.55. The molecule has 2 atom stereocenters. The van der Waals surface area contributed by atoms with Crippen molar-refractivity contribution in [3.8, 4) is 0 Å². The van der Waals surface area contributed by atoms with E-state index < -0.39 is 10.8 Å². The molecule has 0 aromatic carbocycles. The Morgan fingerprint density at radius 3 is 2.73 bits per heavy atom. The van der Waals surface area contributed by atoms with Gasteiger partial charge >= 0.3 is 0 Å². The van der Waals surface area contributed by atoms with Crippen molar-refractivity contribution in [1.82, 2.24) is 4.98 Å². The van der Waals surface area contributed by atoms with Gasteiger partial charge in [-0.3, -0.25) is 9.19 Å². The average molecular weight is 227 g/mol. The topological polar surface area (TPSA) is 54.0 Å². The highest BCUT2D eigenvalue weighted by Gasteiger charge is 2.04. The molecule has 0 aliphatic heterocycles. The molecule has 15 heavy (non-hydrogen) atoms. The van der Waals surface area contributed by atoms with Crippen LogP contribution in [0.15, 0.2) is 18.5 Å². The molecule has 0 bridgehead atoms. The van der Waals surface area contributed by atoms with Crippen molar-refractivity contribution in [2.24, 2.45) is 0 Å². The smallest absolute Gasteiger partial charge is 0.0549 e. The second kappa shape index (κ2) is 5.70. The van der Waals surface area contributed by atoms with E-state index in [1.165, 1.54) is 0 Å². The van der Waals surface area contributed by atoms with E-state index in [1.807, 2.05) is 20.0 Å². The van der Waals surface area contributed by atoms with Gasteiger partial charge in [-0.15, -0.1) is 0 Å². The fourth-order valence-corrected chi connectivity index (χ4v) is 2.12. The van der Waals surface area contributed by atoms with Gasteiger partial charge in [0.1, 0.15) is 0 Å². The first-order chi connectivity index (χ1) is 7.11. The summed E-state index contributed by atoms with van der Waals surface area (Å²) in [4.78, 5) is 4.09. The second-order valence-electron chi connectivity index (χ2n) is 3.50. The largest absolute Gasteiger partial charge is 0.387 e. The number of aromatic nitrogens is 1. The van der Waals surface area contributed by atoms with Gasteiger partial charge in [-0.2, -0.15) is 0 Å². The van der Waals surface area contributed by atoms with Gasteiger partial charge in [0.25, 0.3) is 0 Å². The summed E-state index contributed by atoms with van der Waals surface area (Å²) in [5.74, 6) is 0.643. The van der Waals surface area contributed by atoms with Crippen LogP contribution in [0.4, 0.5) is 11.4 Å². The number of pyridine rings is 1. The third-order valence-electron chi connectivity index (χ3n) is 1.92. The number of anilines is 2. The summed E-state index contributed by atoms with van der Waals surface area (Å²) < 4.78 is 11.0. The fourth-order valence-electron chi connectivity index (χ4n) is 1.33. The van der Waals surface area contributed by atoms with E-state index in [1.54, 1.807) is 18.6 Å². The maximum atomic E-state index is 11.0. The van der Waals surface area contributed by atoms with E-state index >= 15 is 0 Å². The SMILES string of the molecule is CNc1cncc(NC(C)CS(C)=O)c1. The lowest BCUT2D eigenvalue weighted by Gasteiger charge is -2.14. The van der Waals surface area contributed by atoms with Gasteiger partial charge in [-0.1, -0.05) is 0 Å². The van der Waals surface area contributed by atoms with Gasteiger partial charge in [0.15, 0.2) is 0 Å². The van der Waals surface area contributed by atoms with E-state index in [-0.39, 0.29) is 6.04 Å². The zero-order valence-corrected chi connectivity index (χ0v) is 10.1. The Morgan fingerprint density at radius 1 is 1.47 bits per heavy atom. The van der Waals surface area contributed by atoms with Crippen LogP contribution in [0.5, 0.6) is 0 Å². The van der Waals surface area contributed by atoms with E-state index in [0.717, 1.165) is 11.4 Å². The van der Waals surface area contributed by atoms with Crippen molar-refractivity contribution < 1.29 is 4.21 Å². The van der Waals surface area contributed by atoms with Crippen LogP contribution in [0.25, 0.3) is 0 Å². The van der Waals surface area contributed by atoms with Gasteiger partial charge in [-0.25, -0.2) is 0 Å². The number of nitrogens with one attached hydrogen (secondary N) is 2. The van der Waals surface area contributed by atoms with Crippen molar-refractivity contribution in [3.05, 3.63) is 18.5 Å². The molecule has 0 spiro atoms.